The molecule has 0 spiro atoms. The number of nitrogens with two attached hydrogens (primary N) is 2. The average Bonchev–Trinajstić information content (AvgIpc) is 1.61. The molecule has 6 N–H and O–H groups in total. The minimum atomic E-state index is -0.0369. The van der Waals surface area contributed by atoms with E-state index < -0.39 is 0 Å². The van der Waals surface area contributed by atoms with Crippen molar-refractivity contribution < 1.29 is 0 Å². The fourth-order valence-corrected chi connectivity index (χ4v) is 0.808. The van der Waals surface area contributed by atoms with Crippen LogP contribution in [-0.2, 0) is 0 Å². The molecule has 0 aliphatic rings. The Morgan fingerprint density at radius 1 is 0.900 bits per heavy atom. The summed E-state index contributed by atoms with van der Waals surface area (Å²) in [5.74, 6) is 0. The van der Waals surface area contributed by atoms with Crippen LogP contribution in [0.2, 0.25) is 0 Å². The van der Waals surface area contributed by atoms with E-state index in [1.165, 1.54) is 0 Å². The number of amidine groups is 2. The number of rotatable bonds is 0. The molecule has 8 heteroatoms. The van der Waals surface area contributed by atoms with Crippen molar-refractivity contribution in [3.8, 4) is 0 Å². The summed E-state index contributed by atoms with van der Waals surface area (Å²) in [6, 6.07) is 0. The van der Waals surface area contributed by atoms with Gasteiger partial charge in [0, 0.05) is 0 Å². The van der Waals surface area contributed by atoms with Crippen molar-refractivity contribution in [2.24, 2.45) is 11.5 Å². The van der Waals surface area contributed by atoms with E-state index in [4.69, 9.17) is 22.3 Å². The Bertz CT molecular complexity index is 104. The number of hydrogen-bond acceptors (Lipinski definition) is 4. The van der Waals surface area contributed by atoms with E-state index in [9.17, 15) is 0 Å². The van der Waals surface area contributed by atoms with Crippen LogP contribution in [0.15, 0.2) is 0 Å². The van der Waals surface area contributed by atoms with Gasteiger partial charge in [-0.1, -0.05) is 0 Å². The molecule has 4 nitrogen and oxygen atoms in total. The van der Waals surface area contributed by atoms with Crippen molar-refractivity contribution in [1.29, 1.82) is 10.8 Å². The molecule has 0 rings (SSSR count). The van der Waals surface area contributed by atoms with Crippen LogP contribution >= 0.6 is 55.6 Å². The number of hydrogen-bond donors (Lipinski definition) is 4. The molecular weight excluding hydrogens is 304 g/mol. The molecule has 0 bridgehead atoms. The summed E-state index contributed by atoms with van der Waals surface area (Å²) in [6.07, 6.45) is 0. The average molecular weight is 312 g/mol. The van der Waals surface area contributed by atoms with Crippen LogP contribution in [0, 0.1) is 10.8 Å². The highest BCUT2D eigenvalue weighted by Gasteiger charge is 1.91. The van der Waals surface area contributed by atoms with Crippen LogP contribution in [0.25, 0.3) is 0 Å². The summed E-state index contributed by atoms with van der Waals surface area (Å²) in [7, 11) is 1.94. The Kier molecular flexibility index (Phi) is 16.2. The molecule has 0 unspecified atom stereocenters. The summed E-state index contributed by atoms with van der Waals surface area (Å²) in [6.45, 7) is 0. The molecule has 0 saturated heterocycles. The molecule has 0 saturated carbocycles. The first-order valence-electron chi connectivity index (χ1n) is 1.65. The molecule has 0 amide bonds. The lowest BCUT2D eigenvalue weighted by atomic mass is 11.4. The highest BCUT2D eigenvalue weighted by molar-refractivity contribution is 8.93. The van der Waals surface area contributed by atoms with Crippen LogP contribution in [0.3, 0.4) is 0 Å². The Balaban J connectivity index is -0.000000245. The zero-order chi connectivity index (χ0) is 6.57. The molecule has 62 valence electrons. The van der Waals surface area contributed by atoms with Crippen LogP contribution in [0.1, 0.15) is 0 Å². The van der Waals surface area contributed by atoms with Gasteiger partial charge in [0.1, 0.15) is 0 Å². The van der Waals surface area contributed by atoms with Crippen molar-refractivity contribution in [2.75, 3.05) is 0 Å². The normalized spacial score (nSPS) is 6.80. The molecule has 0 aromatic rings. The monoisotopic (exact) mass is 310 g/mol. The fourth-order valence-electron chi connectivity index (χ4n) is 0.0898. The predicted molar refractivity (Wildman–Crippen MR) is 59.7 cm³/mol. The zero-order valence-corrected chi connectivity index (χ0v) is 9.85. The maximum absolute atomic E-state index is 6.66. The van der Waals surface area contributed by atoms with E-state index in [2.05, 4.69) is 0 Å². The van der Waals surface area contributed by atoms with E-state index in [-0.39, 0.29) is 44.3 Å². The van der Waals surface area contributed by atoms with E-state index in [0.717, 1.165) is 21.6 Å². The van der Waals surface area contributed by atoms with Crippen LogP contribution in [-0.4, -0.2) is 10.3 Å². The minimum absolute atomic E-state index is 0. The largest absolute Gasteiger partial charge is 0.378 e. The highest BCUT2D eigenvalue weighted by Crippen LogP contribution is 2.18. The van der Waals surface area contributed by atoms with Gasteiger partial charge in [0.25, 0.3) is 0 Å². The quantitative estimate of drug-likeness (QED) is 0.308. The van der Waals surface area contributed by atoms with Gasteiger partial charge in [-0.15, -0.1) is 34.0 Å². The van der Waals surface area contributed by atoms with Crippen molar-refractivity contribution in [3.05, 3.63) is 0 Å². The van der Waals surface area contributed by atoms with E-state index >= 15 is 0 Å². The molecule has 0 aromatic heterocycles. The standard InChI is InChI=1S/C2H6N4S2.2BrH/c3-1(4)7-8-2(5)6;;/h(H3,3,4)(H3,5,6);2*1H. The molecule has 0 aromatic carbocycles. The van der Waals surface area contributed by atoms with Gasteiger partial charge >= 0.3 is 0 Å². The molecule has 0 aliphatic heterocycles. The zero-order valence-electron chi connectivity index (χ0n) is 4.79. The second-order valence-corrected chi connectivity index (χ2v) is 3.11. The van der Waals surface area contributed by atoms with Crippen molar-refractivity contribution in [1.82, 2.24) is 0 Å². The van der Waals surface area contributed by atoms with Gasteiger partial charge in [0.2, 0.25) is 0 Å². The maximum atomic E-state index is 6.66. The van der Waals surface area contributed by atoms with E-state index in [1.54, 1.807) is 0 Å². The second kappa shape index (κ2) is 9.60. The van der Waals surface area contributed by atoms with Crippen molar-refractivity contribution in [3.63, 3.8) is 0 Å². The Hall–Kier alpha value is 0.600. The first-order valence-corrected chi connectivity index (χ1v) is 3.80. The number of nitrogens with one attached hydrogen (secondary N) is 2. The molecular formula is C2H8Br2N4S2. The topological polar surface area (TPSA) is 99.7 Å². The lowest BCUT2D eigenvalue weighted by Gasteiger charge is -1.91. The van der Waals surface area contributed by atoms with Crippen molar-refractivity contribution >= 4 is 65.9 Å². The summed E-state index contributed by atoms with van der Waals surface area (Å²) < 4.78 is 0. The lowest BCUT2D eigenvalue weighted by molar-refractivity contribution is 1.50. The lowest BCUT2D eigenvalue weighted by Crippen LogP contribution is -2.06. The first kappa shape index (κ1) is 16.9. The Labute approximate surface area is 87.8 Å². The summed E-state index contributed by atoms with van der Waals surface area (Å²) in [5, 5.41) is 13.2. The fraction of sp³-hybridized carbons (Fsp3) is 0. The van der Waals surface area contributed by atoms with Crippen LogP contribution in [0.4, 0.5) is 0 Å². The molecule has 0 heterocycles. The minimum Gasteiger partial charge on any atom is -0.378 e. The smallest absolute Gasteiger partial charge is 0.162 e. The SMILES string of the molecule is Br.Br.N=C(N)SSC(=N)N. The first-order chi connectivity index (χ1) is 3.63. The Morgan fingerprint density at radius 3 is 1.20 bits per heavy atom. The van der Waals surface area contributed by atoms with Gasteiger partial charge in [-0.2, -0.15) is 0 Å². The molecule has 0 radical (unpaired) electrons. The Morgan fingerprint density at radius 2 is 1.10 bits per heavy atom. The third-order valence-corrected chi connectivity index (χ3v) is 1.99. The van der Waals surface area contributed by atoms with Crippen LogP contribution in [0.5, 0.6) is 0 Å². The third-order valence-electron chi connectivity index (χ3n) is 0.221. The third kappa shape index (κ3) is 15.8. The van der Waals surface area contributed by atoms with Crippen molar-refractivity contribution in [2.45, 2.75) is 0 Å². The summed E-state index contributed by atoms with van der Waals surface area (Å²) >= 11 is 0. The molecule has 0 aliphatic carbocycles. The van der Waals surface area contributed by atoms with Gasteiger partial charge in [-0.25, -0.2) is 0 Å². The van der Waals surface area contributed by atoms with Gasteiger partial charge in [-0.3, -0.25) is 10.8 Å². The van der Waals surface area contributed by atoms with Gasteiger partial charge < -0.3 is 11.5 Å². The summed E-state index contributed by atoms with van der Waals surface area (Å²) in [4.78, 5) is 0. The molecule has 10 heavy (non-hydrogen) atoms. The van der Waals surface area contributed by atoms with Crippen LogP contribution < -0.4 is 11.5 Å². The second-order valence-electron chi connectivity index (χ2n) is 0.895. The van der Waals surface area contributed by atoms with E-state index in [1.807, 2.05) is 0 Å². The van der Waals surface area contributed by atoms with E-state index in [0.29, 0.717) is 0 Å². The maximum Gasteiger partial charge on any atom is 0.162 e. The van der Waals surface area contributed by atoms with Gasteiger partial charge in [0.05, 0.1) is 0 Å². The number of halogens is 2. The highest BCUT2D eigenvalue weighted by atomic mass is 79.9. The summed E-state index contributed by atoms with van der Waals surface area (Å²) in [5.41, 5.74) is 9.83. The molecule has 0 atom stereocenters. The van der Waals surface area contributed by atoms with Gasteiger partial charge in [0.15, 0.2) is 10.3 Å². The van der Waals surface area contributed by atoms with Gasteiger partial charge in [-0.05, 0) is 21.6 Å². The predicted octanol–water partition coefficient (Wildman–Crippen LogP) is 1.31. The molecule has 0 fully saturated rings.